The molecule has 2 aromatic rings. The van der Waals surface area contributed by atoms with Gasteiger partial charge in [0.05, 0.1) is 24.3 Å². The number of carbonyl (C=O) groups excluding carboxylic acids is 3. The van der Waals surface area contributed by atoms with Crippen molar-refractivity contribution >= 4 is 23.4 Å². The van der Waals surface area contributed by atoms with Crippen LogP contribution in [0.3, 0.4) is 0 Å². The number of carbonyl (C=O) groups is 3. The summed E-state index contributed by atoms with van der Waals surface area (Å²) in [6.45, 7) is 2.80. The first-order valence-corrected chi connectivity index (χ1v) is 11.1. The lowest BCUT2D eigenvalue weighted by Gasteiger charge is -2.26. The first kappa shape index (κ1) is 23.5. The molecule has 2 aliphatic heterocycles. The number of aliphatic hydroxyl groups is 1. The Balaban J connectivity index is 1.80. The normalized spacial score (nSPS) is 21.0. The number of ether oxygens (including phenoxy) is 2. The molecule has 2 aromatic carbocycles. The van der Waals surface area contributed by atoms with Crippen molar-refractivity contribution in [2.75, 3.05) is 34.3 Å². The van der Waals surface area contributed by atoms with E-state index in [9.17, 15) is 19.5 Å². The van der Waals surface area contributed by atoms with Crippen molar-refractivity contribution in [3.8, 4) is 5.75 Å². The van der Waals surface area contributed by atoms with Crippen molar-refractivity contribution in [1.29, 1.82) is 0 Å². The summed E-state index contributed by atoms with van der Waals surface area (Å²) in [4.78, 5) is 41.4. The van der Waals surface area contributed by atoms with Crippen molar-refractivity contribution in [2.24, 2.45) is 0 Å². The fourth-order valence-electron chi connectivity index (χ4n) is 4.41. The molecule has 0 aliphatic carbocycles. The third-order valence-electron chi connectivity index (χ3n) is 6.15. The fraction of sp³-hybridized carbons (Fsp3) is 0.346. The highest BCUT2D eigenvalue weighted by Crippen LogP contribution is 2.40. The van der Waals surface area contributed by atoms with E-state index >= 15 is 0 Å². The van der Waals surface area contributed by atoms with Gasteiger partial charge in [-0.2, -0.15) is 0 Å². The Bertz CT molecular complexity index is 1170. The number of fused-ring (bicyclic) bond motifs is 1. The van der Waals surface area contributed by atoms with Crippen molar-refractivity contribution in [2.45, 2.75) is 25.5 Å². The first-order chi connectivity index (χ1) is 16.2. The molecule has 0 saturated carbocycles. The number of ketones is 1. The third kappa shape index (κ3) is 4.28. The van der Waals surface area contributed by atoms with Crippen LogP contribution in [0.1, 0.15) is 40.0 Å². The van der Waals surface area contributed by atoms with Crippen LogP contribution < -0.4 is 4.74 Å². The molecule has 1 saturated heterocycles. The van der Waals surface area contributed by atoms with Crippen LogP contribution in [0.25, 0.3) is 5.76 Å². The maximum Gasteiger partial charge on any atom is 0.337 e. The molecule has 178 valence electrons. The number of hydrogen-bond donors (Lipinski definition) is 1. The molecule has 0 aromatic heterocycles. The highest BCUT2D eigenvalue weighted by molar-refractivity contribution is 6.46. The number of Topliss-reactive ketones (excluding diaryl/α,β-unsaturated/α-hetero) is 1. The van der Waals surface area contributed by atoms with Crippen LogP contribution in [0, 0.1) is 0 Å². The summed E-state index contributed by atoms with van der Waals surface area (Å²) in [6, 6.07) is 11.0. The molecule has 1 N–H and O–H groups in total. The standard InChI is InChI=1S/C26H28N2O6/c1-15-13-19-14-18(9-10-20(19)34-15)23(29)21-22(16-5-7-17(8-6-16)26(32)33-4)28(12-11-27(2)3)25(31)24(21)30/h5-10,14-15,22,29H,11-13H2,1-4H3/t15-,22+/m0/s1. The van der Waals surface area contributed by atoms with E-state index in [2.05, 4.69) is 0 Å². The predicted octanol–water partition coefficient (Wildman–Crippen LogP) is 2.78. The van der Waals surface area contributed by atoms with Gasteiger partial charge in [-0.05, 0) is 62.5 Å². The molecule has 8 heteroatoms. The van der Waals surface area contributed by atoms with E-state index < -0.39 is 23.7 Å². The summed E-state index contributed by atoms with van der Waals surface area (Å²) in [7, 11) is 5.06. The van der Waals surface area contributed by atoms with Gasteiger partial charge in [0.25, 0.3) is 11.7 Å². The van der Waals surface area contributed by atoms with Crippen LogP contribution in [0.4, 0.5) is 0 Å². The summed E-state index contributed by atoms with van der Waals surface area (Å²) in [5.41, 5.74) is 2.40. The van der Waals surface area contributed by atoms with Crippen LogP contribution in [-0.4, -0.2) is 73.0 Å². The third-order valence-corrected chi connectivity index (χ3v) is 6.15. The van der Waals surface area contributed by atoms with E-state index in [4.69, 9.17) is 9.47 Å². The zero-order chi connectivity index (χ0) is 24.6. The second-order valence-electron chi connectivity index (χ2n) is 8.86. The van der Waals surface area contributed by atoms with Gasteiger partial charge in [-0.15, -0.1) is 0 Å². The van der Waals surface area contributed by atoms with Crippen molar-refractivity contribution in [1.82, 2.24) is 9.80 Å². The van der Waals surface area contributed by atoms with Crippen molar-refractivity contribution in [3.05, 3.63) is 70.3 Å². The van der Waals surface area contributed by atoms with Crippen LogP contribution in [0.5, 0.6) is 5.75 Å². The van der Waals surface area contributed by atoms with E-state index in [1.165, 1.54) is 12.0 Å². The number of hydrogen-bond acceptors (Lipinski definition) is 7. The number of likely N-dealkylation sites (N-methyl/N-ethyl adjacent to an activating group) is 1. The average molecular weight is 465 g/mol. The number of methoxy groups -OCH3 is 1. The highest BCUT2D eigenvalue weighted by atomic mass is 16.5. The van der Waals surface area contributed by atoms with Gasteiger partial charge in [-0.25, -0.2) is 4.79 Å². The minimum absolute atomic E-state index is 0.0292. The number of nitrogens with zero attached hydrogens (tertiary/aromatic N) is 2. The zero-order valence-corrected chi connectivity index (χ0v) is 19.7. The summed E-state index contributed by atoms with van der Waals surface area (Å²) >= 11 is 0. The van der Waals surface area contributed by atoms with Crippen LogP contribution in [0.2, 0.25) is 0 Å². The van der Waals surface area contributed by atoms with Gasteiger partial charge in [0.2, 0.25) is 0 Å². The maximum absolute atomic E-state index is 13.1. The van der Waals surface area contributed by atoms with E-state index in [1.807, 2.05) is 25.9 Å². The summed E-state index contributed by atoms with van der Waals surface area (Å²) in [5.74, 6) is -1.35. The molecule has 34 heavy (non-hydrogen) atoms. The van der Waals surface area contributed by atoms with Gasteiger partial charge >= 0.3 is 5.97 Å². The second-order valence-corrected chi connectivity index (χ2v) is 8.86. The Labute approximate surface area is 198 Å². The average Bonchev–Trinajstić information content (AvgIpc) is 3.32. The fourth-order valence-corrected chi connectivity index (χ4v) is 4.41. The number of aliphatic hydroxyl groups excluding tert-OH is 1. The molecule has 1 fully saturated rings. The predicted molar refractivity (Wildman–Crippen MR) is 126 cm³/mol. The van der Waals surface area contributed by atoms with E-state index in [0.717, 1.165) is 11.3 Å². The molecule has 8 nitrogen and oxygen atoms in total. The lowest BCUT2D eigenvalue weighted by molar-refractivity contribution is -0.140. The summed E-state index contributed by atoms with van der Waals surface area (Å²) in [6.07, 6.45) is 0.740. The molecule has 2 aliphatic rings. The largest absolute Gasteiger partial charge is 0.507 e. The first-order valence-electron chi connectivity index (χ1n) is 11.1. The second kappa shape index (κ2) is 9.30. The van der Waals surface area contributed by atoms with Gasteiger partial charge in [0.15, 0.2) is 0 Å². The van der Waals surface area contributed by atoms with Crippen LogP contribution >= 0.6 is 0 Å². The van der Waals surface area contributed by atoms with Crippen LogP contribution in [-0.2, 0) is 20.7 Å². The Morgan fingerprint density at radius 3 is 2.47 bits per heavy atom. The number of likely N-dealkylation sites (tertiary alicyclic amines) is 1. The lowest BCUT2D eigenvalue weighted by atomic mass is 9.94. The van der Waals surface area contributed by atoms with Crippen LogP contribution in [0.15, 0.2) is 48.0 Å². The minimum atomic E-state index is -0.782. The molecule has 0 unspecified atom stereocenters. The van der Waals surface area contributed by atoms with Gasteiger partial charge in [-0.1, -0.05) is 12.1 Å². The molecule has 0 spiro atoms. The van der Waals surface area contributed by atoms with Gasteiger partial charge in [-0.3, -0.25) is 9.59 Å². The quantitative estimate of drug-likeness (QED) is 0.304. The lowest BCUT2D eigenvalue weighted by Crippen LogP contribution is -2.35. The van der Waals surface area contributed by atoms with Gasteiger partial charge in [0.1, 0.15) is 17.6 Å². The SMILES string of the molecule is COC(=O)c1ccc([C@@H]2C(=C(O)c3ccc4c(c3)C[C@H](C)O4)C(=O)C(=O)N2CCN(C)C)cc1. The summed E-state index contributed by atoms with van der Waals surface area (Å²) < 4.78 is 10.5. The molecule has 2 atom stereocenters. The Kier molecular flexibility index (Phi) is 6.43. The molecular formula is C26H28N2O6. The highest BCUT2D eigenvalue weighted by Gasteiger charge is 2.46. The van der Waals surface area contributed by atoms with Gasteiger partial charge < -0.3 is 24.4 Å². The monoisotopic (exact) mass is 464 g/mol. The number of rotatable bonds is 6. The molecule has 0 radical (unpaired) electrons. The Morgan fingerprint density at radius 2 is 1.82 bits per heavy atom. The number of benzene rings is 2. The van der Waals surface area contributed by atoms with Gasteiger partial charge in [0, 0.05) is 25.1 Å². The van der Waals surface area contributed by atoms with Crippen molar-refractivity contribution in [3.63, 3.8) is 0 Å². The molecular weight excluding hydrogens is 436 g/mol. The maximum atomic E-state index is 13.1. The topological polar surface area (TPSA) is 96.4 Å². The number of esters is 1. The van der Waals surface area contributed by atoms with Crippen molar-refractivity contribution < 1.29 is 29.0 Å². The molecule has 0 bridgehead atoms. The molecule has 4 rings (SSSR count). The number of amides is 1. The Hall–Kier alpha value is -3.65. The summed E-state index contributed by atoms with van der Waals surface area (Å²) in [5, 5.41) is 11.3. The zero-order valence-electron chi connectivity index (χ0n) is 19.7. The smallest absolute Gasteiger partial charge is 0.337 e. The van der Waals surface area contributed by atoms with E-state index in [0.29, 0.717) is 36.2 Å². The Morgan fingerprint density at radius 1 is 1.15 bits per heavy atom. The van der Waals surface area contributed by atoms with E-state index in [-0.39, 0.29) is 17.4 Å². The minimum Gasteiger partial charge on any atom is -0.507 e. The molecule has 2 heterocycles. The molecule has 1 amide bonds. The van der Waals surface area contributed by atoms with E-state index in [1.54, 1.807) is 42.5 Å².